The number of fused-ring (bicyclic) bond motifs is 1. The molecular weight excluding hydrogens is 443 g/mol. The van der Waals surface area contributed by atoms with Crippen molar-refractivity contribution in [3.63, 3.8) is 0 Å². The average molecular weight is 451 g/mol. The molecule has 0 aliphatic carbocycles. The number of allylic oxidation sites excluding steroid dienone is 1. The van der Waals surface area contributed by atoms with Gasteiger partial charge in [0.1, 0.15) is 5.75 Å². The van der Waals surface area contributed by atoms with Gasteiger partial charge in [-0.15, -0.1) is 0 Å². The summed E-state index contributed by atoms with van der Waals surface area (Å²) in [5.74, 6) is 0.991. The number of hydrogen-bond acceptors (Lipinski definition) is 1. The molecule has 1 heterocycles. The van der Waals surface area contributed by atoms with Gasteiger partial charge in [-0.05, 0) is 24.1 Å². The Bertz CT molecular complexity index is 251. The van der Waals surface area contributed by atoms with Crippen LogP contribution in [0.4, 0.5) is 0 Å². The van der Waals surface area contributed by atoms with Crippen LogP contribution in [0.5, 0.6) is 5.75 Å². The fourth-order valence-corrected chi connectivity index (χ4v) is 1.08. The SMILES string of the molecule is C1=COc2ccccc2C1.[Au].[Cu].[Ni]. The van der Waals surface area contributed by atoms with Crippen molar-refractivity contribution in [2.24, 2.45) is 0 Å². The van der Waals surface area contributed by atoms with E-state index >= 15 is 0 Å². The van der Waals surface area contributed by atoms with Crippen LogP contribution in [0, 0.1) is 0 Å². The van der Waals surface area contributed by atoms with Gasteiger partial charge in [0.2, 0.25) is 0 Å². The zero-order chi connectivity index (χ0) is 6.81. The first-order valence-corrected chi connectivity index (χ1v) is 3.36. The topological polar surface area (TPSA) is 9.23 Å². The zero-order valence-corrected chi connectivity index (χ0v) is 10.6. The molecule has 1 aliphatic heterocycles. The predicted octanol–water partition coefficient (Wildman–Crippen LogP) is 2.13. The fourth-order valence-electron chi connectivity index (χ4n) is 1.08. The Labute approximate surface area is 114 Å². The first-order chi connectivity index (χ1) is 4.97. The molecule has 2 rings (SSSR count). The fraction of sp³-hybridized carbons (Fsp3) is 0.111. The van der Waals surface area contributed by atoms with E-state index in [0.717, 1.165) is 12.2 Å². The summed E-state index contributed by atoms with van der Waals surface area (Å²) in [6.45, 7) is 0. The van der Waals surface area contributed by atoms with Crippen molar-refractivity contribution in [1.82, 2.24) is 0 Å². The molecule has 0 amide bonds. The van der Waals surface area contributed by atoms with Crippen LogP contribution in [0.2, 0.25) is 0 Å². The smallest absolute Gasteiger partial charge is 0.130 e. The minimum atomic E-state index is 0. The molecule has 82 valence electrons. The summed E-state index contributed by atoms with van der Waals surface area (Å²) in [4.78, 5) is 0. The quantitative estimate of drug-likeness (QED) is 0.550. The molecule has 0 saturated heterocycles. The van der Waals surface area contributed by atoms with Crippen LogP contribution in [0.1, 0.15) is 5.56 Å². The monoisotopic (exact) mass is 450 g/mol. The second kappa shape index (κ2) is 7.87. The van der Waals surface area contributed by atoms with Gasteiger partial charge in [-0.2, -0.15) is 0 Å². The van der Waals surface area contributed by atoms with Crippen molar-refractivity contribution < 1.29 is 60.7 Å². The van der Waals surface area contributed by atoms with E-state index in [0.29, 0.717) is 0 Å². The molecule has 0 unspecified atom stereocenters. The van der Waals surface area contributed by atoms with Crippen molar-refractivity contribution in [3.8, 4) is 5.75 Å². The maximum atomic E-state index is 5.24. The Morgan fingerprint density at radius 2 is 1.85 bits per heavy atom. The zero-order valence-electron chi connectivity index (χ0n) is 6.50. The molecule has 0 bridgehead atoms. The summed E-state index contributed by atoms with van der Waals surface area (Å²) >= 11 is 0. The average Bonchev–Trinajstić information content (AvgIpc) is 2.05. The van der Waals surface area contributed by atoms with Crippen LogP contribution in [-0.2, 0) is 62.4 Å². The Balaban J connectivity index is 0. The molecule has 2 radical (unpaired) electrons. The third kappa shape index (κ3) is 4.04. The van der Waals surface area contributed by atoms with Crippen molar-refractivity contribution in [1.29, 1.82) is 0 Å². The summed E-state index contributed by atoms with van der Waals surface area (Å²) in [6.07, 6.45) is 4.75. The van der Waals surface area contributed by atoms with E-state index in [1.54, 1.807) is 6.26 Å². The molecule has 1 aliphatic rings. The molecule has 13 heavy (non-hydrogen) atoms. The molecule has 0 spiro atoms. The molecule has 0 aromatic heterocycles. The molecular formula is C9H8AuCuNiO. The van der Waals surface area contributed by atoms with Gasteiger partial charge in [0.05, 0.1) is 6.26 Å². The van der Waals surface area contributed by atoms with Gasteiger partial charge in [0.25, 0.3) is 0 Å². The van der Waals surface area contributed by atoms with E-state index < -0.39 is 0 Å². The van der Waals surface area contributed by atoms with Crippen molar-refractivity contribution in [3.05, 3.63) is 42.2 Å². The molecule has 4 heteroatoms. The van der Waals surface area contributed by atoms with Crippen LogP contribution < -0.4 is 4.74 Å². The van der Waals surface area contributed by atoms with E-state index in [1.165, 1.54) is 5.56 Å². The largest absolute Gasteiger partial charge is 0.465 e. The van der Waals surface area contributed by atoms with E-state index in [4.69, 9.17) is 4.74 Å². The summed E-state index contributed by atoms with van der Waals surface area (Å²) in [5.41, 5.74) is 1.27. The summed E-state index contributed by atoms with van der Waals surface area (Å²) in [5, 5.41) is 0. The van der Waals surface area contributed by atoms with Crippen LogP contribution in [-0.4, -0.2) is 0 Å². The van der Waals surface area contributed by atoms with Gasteiger partial charge < -0.3 is 4.74 Å². The van der Waals surface area contributed by atoms with E-state index in [1.807, 2.05) is 24.3 Å². The minimum Gasteiger partial charge on any atom is -0.465 e. The van der Waals surface area contributed by atoms with Crippen LogP contribution in [0.25, 0.3) is 0 Å². The molecule has 0 atom stereocenters. The second-order valence-corrected chi connectivity index (χ2v) is 2.30. The van der Waals surface area contributed by atoms with Crippen molar-refractivity contribution in [2.45, 2.75) is 6.42 Å². The number of benzene rings is 1. The van der Waals surface area contributed by atoms with E-state index in [-0.39, 0.29) is 55.9 Å². The molecule has 1 nitrogen and oxygen atoms in total. The van der Waals surface area contributed by atoms with Crippen LogP contribution in [0.3, 0.4) is 0 Å². The molecule has 0 fully saturated rings. The molecule has 1 aromatic carbocycles. The second-order valence-electron chi connectivity index (χ2n) is 2.30. The summed E-state index contributed by atoms with van der Waals surface area (Å²) in [6, 6.07) is 8.08. The number of hydrogen-bond donors (Lipinski definition) is 0. The number of rotatable bonds is 0. The van der Waals surface area contributed by atoms with Crippen LogP contribution in [0.15, 0.2) is 36.6 Å². The maximum absolute atomic E-state index is 5.24. The first-order valence-electron chi connectivity index (χ1n) is 3.36. The summed E-state index contributed by atoms with van der Waals surface area (Å²) in [7, 11) is 0. The van der Waals surface area contributed by atoms with Gasteiger partial charge in [0, 0.05) is 55.9 Å². The van der Waals surface area contributed by atoms with Gasteiger partial charge >= 0.3 is 0 Å². The third-order valence-electron chi connectivity index (χ3n) is 1.60. The van der Waals surface area contributed by atoms with Gasteiger partial charge in [0.15, 0.2) is 0 Å². The van der Waals surface area contributed by atoms with Gasteiger partial charge in [-0.1, -0.05) is 18.2 Å². The van der Waals surface area contributed by atoms with E-state index in [9.17, 15) is 0 Å². The number of para-hydroxylation sites is 1. The molecule has 1 aromatic rings. The predicted molar refractivity (Wildman–Crippen MR) is 39.9 cm³/mol. The Morgan fingerprint density at radius 1 is 1.15 bits per heavy atom. The van der Waals surface area contributed by atoms with Crippen molar-refractivity contribution >= 4 is 0 Å². The van der Waals surface area contributed by atoms with Gasteiger partial charge in [-0.3, -0.25) is 0 Å². The standard InChI is InChI=1S/C9H8O.Au.Cu.Ni/c1-2-6-9-8(4-1)5-3-7-10-9;;;/h1-4,6-7H,5H2;;;. The first kappa shape index (κ1) is 16.0. The van der Waals surface area contributed by atoms with Crippen LogP contribution >= 0.6 is 0 Å². The Morgan fingerprint density at radius 3 is 2.54 bits per heavy atom. The Kier molecular flexibility index (Phi) is 9.67. The number of ether oxygens (including phenoxy) is 1. The third-order valence-corrected chi connectivity index (χ3v) is 1.60. The summed E-state index contributed by atoms with van der Waals surface area (Å²) < 4.78 is 5.24. The maximum Gasteiger partial charge on any atom is 0.130 e. The van der Waals surface area contributed by atoms with Gasteiger partial charge in [-0.25, -0.2) is 0 Å². The van der Waals surface area contributed by atoms with Crippen molar-refractivity contribution in [2.75, 3.05) is 0 Å². The van der Waals surface area contributed by atoms with E-state index in [2.05, 4.69) is 6.07 Å². The minimum absolute atomic E-state index is 0. The normalized spacial score (nSPS) is 10.8. The molecule has 0 saturated carbocycles. The molecule has 0 N–H and O–H groups in total. The Hall–Kier alpha value is 0.513.